The Morgan fingerprint density at radius 2 is 2.18 bits per heavy atom. The number of pyridine rings is 1. The van der Waals surface area contributed by atoms with Gasteiger partial charge in [0.1, 0.15) is 5.82 Å². The second-order valence-corrected chi connectivity index (χ2v) is 6.12. The lowest BCUT2D eigenvalue weighted by atomic mass is 10.1. The lowest BCUT2D eigenvalue weighted by Crippen LogP contribution is -2.21. The van der Waals surface area contributed by atoms with Crippen molar-refractivity contribution in [3.63, 3.8) is 0 Å². The van der Waals surface area contributed by atoms with Gasteiger partial charge in [-0.15, -0.1) is 0 Å². The van der Waals surface area contributed by atoms with Gasteiger partial charge in [0.25, 0.3) is 5.91 Å². The molecule has 1 amide bonds. The Bertz CT molecular complexity index is 651. The lowest BCUT2D eigenvalue weighted by molar-refractivity contribution is 0.0963. The number of benzene rings is 1. The summed E-state index contributed by atoms with van der Waals surface area (Å²) < 4.78 is 0. The van der Waals surface area contributed by atoms with Gasteiger partial charge >= 0.3 is 0 Å². The van der Waals surface area contributed by atoms with Gasteiger partial charge in [-0.3, -0.25) is 4.79 Å². The zero-order valence-electron chi connectivity index (χ0n) is 12.5. The predicted molar refractivity (Wildman–Crippen MR) is 93.8 cm³/mol. The molecule has 6 heteroatoms. The Kier molecular flexibility index (Phi) is 6.10. The smallest absolute Gasteiger partial charge is 0.254 e. The number of carbonyl (C=O) groups is 1. The summed E-state index contributed by atoms with van der Waals surface area (Å²) in [6, 6.07) is 11.3. The molecule has 1 aromatic carbocycles. The standard InChI is InChI=1S/C16H18ClN3OS/c1-18-16(21)13-7-4-8-19-15(13)20-10-14(22-2)11-5-3-6-12(17)9-11/h3-9,14H,10H2,1-2H3,(H,18,21)(H,19,20). The molecule has 0 radical (unpaired) electrons. The minimum absolute atomic E-state index is 0.154. The quantitative estimate of drug-likeness (QED) is 0.846. The first-order valence-electron chi connectivity index (χ1n) is 6.85. The van der Waals surface area contributed by atoms with Gasteiger partial charge in [0.2, 0.25) is 0 Å². The number of amides is 1. The van der Waals surface area contributed by atoms with Gasteiger partial charge in [-0.2, -0.15) is 11.8 Å². The van der Waals surface area contributed by atoms with Gasteiger partial charge in [0.05, 0.1) is 5.56 Å². The van der Waals surface area contributed by atoms with Crippen LogP contribution < -0.4 is 10.6 Å². The highest BCUT2D eigenvalue weighted by Crippen LogP contribution is 2.28. The lowest BCUT2D eigenvalue weighted by Gasteiger charge is -2.17. The van der Waals surface area contributed by atoms with Crippen LogP contribution in [0.1, 0.15) is 21.2 Å². The van der Waals surface area contributed by atoms with Gasteiger partial charge in [-0.25, -0.2) is 4.98 Å². The molecule has 1 unspecified atom stereocenters. The molecule has 116 valence electrons. The zero-order valence-corrected chi connectivity index (χ0v) is 14.0. The third kappa shape index (κ3) is 4.15. The van der Waals surface area contributed by atoms with Crippen LogP contribution in [0.25, 0.3) is 0 Å². The number of thioether (sulfide) groups is 1. The molecule has 0 saturated carbocycles. The van der Waals surface area contributed by atoms with E-state index < -0.39 is 0 Å². The number of anilines is 1. The van der Waals surface area contributed by atoms with Crippen molar-refractivity contribution in [2.45, 2.75) is 5.25 Å². The van der Waals surface area contributed by atoms with Crippen molar-refractivity contribution in [3.8, 4) is 0 Å². The number of nitrogens with one attached hydrogen (secondary N) is 2. The van der Waals surface area contributed by atoms with Crippen LogP contribution in [0.5, 0.6) is 0 Å². The summed E-state index contributed by atoms with van der Waals surface area (Å²) in [5.41, 5.74) is 1.68. The summed E-state index contributed by atoms with van der Waals surface area (Å²) in [7, 11) is 1.61. The van der Waals surface area contributed by atoms with Gasteiger partial charge in [-0.1, -0.05) is 23.7 Å². The van der Waals surface area contributed by atoms with Gasteiger partial charge in [-0.05, 0) is 36.1 Å². The monoisotopic (exact) mass is 335 g/mol. The number of aromatic nitrogens is 1. The van der Waals surface area contributed by atoms with Crippen LogP contribution in [0.3, 0.4) is 0 Å². The summed E-state index contributed by atoms with van der Waals surface area (Å²) in [4.78, 5) is 16.1. The predicted octanol–water partition coefficient (Wildman–Crippen LogP) is 3.61. The van der Waals surface area contributed by atoms with Crippen molar-refractivity contribution in [2.75, 3.05) is 25.2 Å². The third-order valence-corrected chi connectivity index (χ3v) is 4.48. The van der Waals surface area contributed by atoms with Crippen LogP contribution >= 0.6 is 23.4 Å². The summed E-state index contributed by atoms with van der Waals surface area (Å²) in [5.74, 6) is 0.432. The fraction of sp³-hybridized carbons (Fsp3) is 0.250. The van der Waals surface area contributed by atoms with Crippen LogP contribution in [-0.2, 0) is 0 Å². The van der Waals surface area contributed by atoms with Crippen molar-refractivity contribution < 1.29 is 4.79 Å². The van der Waals surface area contributed by atoms with Crippen molar-refractivity contribution in [2.24, 2.45) is 0 Å². The van der Waals surface area contributed by atoms with Crippen LogP contribution in [0.4, 0.5) is 5.82 Å². The molecule has 2 aromatic rings. The molecule has 22 heavy (non-hydrogen) atoms. The van der Waals surface area contributed by atoms with Crippen molar-refractivity contribution in [3.05, 3.63) is 58.7 Å². The maximum atomic E-state index is 11.8. The number of carbonyl (C=O) groups excluding carboxylic acids is 1. The fourth-order valence-corrected chi connectivity index (χ4v) is 2.97. The molecule has 1 aromatic heterocycles. The molecule has 0 aliphatic heterocycles. The number of nitrogens with zero attached hydrogens (tertiary/aromatic N) is 1. The largest absolute Gasteiger partial charge is 0.368 e. The first-order chi connectivity index (χ1) is 10.7. The SMILES string of the molecule is CNC(=O)c1cccnc1NCC(SC)c1cccc(Cl)c1. The minimum atomic E-state index is -0.154. The topological polar surface area (TPSA) is 54.0 Å². The van der Waals surface area contributed by atoms with E-state index >= 15 is 0 Å². The molecule has 0 spiro atoms. The molecule has 0 fully saturated rings. The maximum absolute atomic E-state index is 11.8. The zero-order chi connectivity index (χ0) is 15.9. The molecule has 4 nitrogen and oxygen atoms in total. The van der Waals surface area contributed by atoms with E-state index in [0.29, 0.717) is 17.9 Å². The average molecular weight is 336 g/mol. The third-order valence-electron chi connectivity index (χ3n) is 3.24. The number of hydrogen-bond acceptors (Lipinski definition) is 4. The molecule has 0 aliphatic rings. The molecule has 1 atom stereocenters. The van der Waals surface area contributed by atoms with Crippen molar-refractivity contribution in [1.82, 2.24) is 10.3 Å². The van der Waals surface area contributed by atoms with E-state index in [-0.39, 0.29) is 11.2 Å². The fourth-order valence-electron chi connectivity index (χ4n) is 2.10. The Labute approximate surface area is 139 Å². The maximum Gasteiger partial charge on any atom is 0.254 e. The first kappa shape index (κ1) is 16.6. The first-order valence-corrected chi connectivity index (χ1v) is 8.51. The number of rotatable bonds is 6. The molecule has 2 rings (SSSR count). The van der Waals surface area contributed by atoms with E-state index in [9.17, 15) is 4.79 Å². The van der Waals surface area contributed by atoms with E-state index in [0.717, 1.165) is 10.6 Å². The van der Waals surface area contributed by atoms with Crippen molar-refractivity contribution >= 4 is 35.1 Å². The second kappa shape index (κ2) is 8.06. The summed E-state index contributed by atoms with van der Waals surface area (Å²) in [6.07, 6.45) is 3.72. The van der Waals surface area contributed by atoms with Gasteiger partial charge in [0.15, 0.2) is 0 Å². The highest BCUT2D eigenvalue weighted by Gasteiger charge is 2.14. The van der Waals surface area contributed by atoms with Crippen LogP contribution in [-0.4, -0.2) is 30.7 Å². The van der Waals surface area contributed by atoms with Gasteiger partial charge in [0, 0.05) is 30.1 Å². The van der Waals surface area contributed by atoms with Crippen LogP contribution in [0, 0.1) is 0 Å². The molecule has 0 aliphatic carbocycles. The summed E-state index contributed by atoms with van der Waals surface area (Å²) >= 11 is 7.78. The molecular formula is C16H18ClN3OS. The Hall–Kier alpha value is -1.72. The molecule has 0 bridgehead atoms. The van der Waals surface area contributed by atoms with E-state index in [1.165, 1.54) is 0 Å². The molecule has 2 N–H and O–H groups in total. The van der Waals surface area contributed by atoms with E-state index in [4.69, 9.17) is 11.6 Å². The van der Waals surface area contributed by atoms with Crippen molar-refractivity contribution in [1.29, 1.82) is 0 Å². The summed E-state index contributed by atoms with van der Waals surface area (Å²) in [6.45, 7) is 0.655. The van der Waals surface area contributed by atoms with E-state index in [1.807, 2.05) is 30.5 Å². The number of halogens is 1. The minimum Gasteiger partial charge on any atom is -0.368 e. The Balaban J connectivity index is 2.13. The Morgan fingerprint density at radius 1 is 1.36 bits per heavy atom. The van der Waals surface area contributed by atoms with E-state index in [1.54, 1.807) is 37.1 Å². The highest BCUT2D eigenvalue weighted by molar-refractivity contribution is 7.98. The van der Waals surface area contributed by atoms with Gasteiger partial charge < -0.3 is 10.6 Å². The second-order valence-electron chi connectivity index (χ2n) is 4.64. The van der Waals surface area contributed by atoms with Crippen LogP contribution in [0.2, 0.25) is 5.02 Å². The normalized spacial score (nSPS) is 11.8. The van der Waals surface area contributed by atoms with Crippen LogP contribution in [0.15, 0.2) is 42.6 Å². The molecule has 1 heterocycles. The Morgan fingerprint density at radius 3 is 2.86 bits per heavy atom. The molecular weight excluding hydrogens is 318 g/mol. The highest BCUT2D eigenvalue weighted by atomic mass is 35.5. The van der Waals surface area contributed by atoms with E-state index in [2.05, 4.69) is 15.6 Å². The summed E-state index contributed by atoms with van der Waals surface area (Å²) in [5, 5.41) is 6.83. The molecule has 0 saturated heterocycles. The average Bonchev–Trinajstić information content (AvgIpc) is 2.55. The number of hydrogen-bond donors (Lipinski definition) is 2.